The number of aromatic nitrogens is 3. The molecule has 0 aliphatic carbocycles. The van der Waals surface area contributed by atoms with Gasteiger partial charge >= 0.3 is 0 Å². The maximum absolute atomic E-state index is 12.8. The monoisotopic (exact) mass is 220 g/mol. The lowest BCUT2D eigenvalue weighted by atomic mass is 10.3. The lowest BCUT2D eigenvalue weighted by molar-refractivity contribution is 0.585. The molecule has 0 fully saturated rings. The van der Waals surface area contributed by atoms with E-state index in [1.54, 1.807) is 16.8 Å². The summed E-state index contributed by atoms with van der Waals surface area (Å²) < 4.78 is 14.5. The molecular weight excluding hydrogens is 207 g/mol. The Bertz CT molecular complexity index is 467. The second-order valence-electron chi connectivity index (χ2n) is 3.50. The van der Waals surface area contributed by atoms with Crippen LogP contribution in [0.1, 0.15) is 5.69 Å². The fraction of sp³-hybridized carbons (Fsp3) is 0.273. The lowest BCUT2D eigenvalue weighted by Gasteiger charge is -2.03. The fourth-order valence-electron chi connectivity index (χ4n) is 1.42. The summed E-state index contributed by atoms with van der Waals surface area (Å²) in [6.07, 6.45) is 2.69. The van der Waals surface area contributed by atoms with Crippen molar-refractivity contribution < 1.29 is 4.39 Å². The second-order valence-corrected chi connectivity index (χ2v) is 3.50. The van der Waals surface area contributed by atoms with Gasteiger partial charge in [-0.2, -0.15) is 9.49 Å². The zero-order chi connectivity index (χ0) is 11.4. The van der Waals surface area contributed by atoms with Crippen LogP contribution in [0.15, 0.2) is 30.5 Å². The average Bonchev–Trinajstić information content (AvgIpc) is 2.64. The molecule has 16 heavy (non-hydrogen) atoms. The molecule has 0 aliphatic rings. The van der Waals surface area contributed by atoms with Gasteiger partial charge in [-0.05, 0) is 18.2 Å². The predicted molar refractivity (Wildman–Crippen MR) is 59.6 cm³/mol. The minimum atomic E-state index is -0.470. The van der Waals surface area contributed by atoms with Crippen molar-refractivity contribution in [3.8, 4) is 0 Å². The van der Waals surface area contributed by atoms with E-state index in [4.69, 9.17) is 0 Å². The Morgan fingerprint density at radius 1 is 1.38 bits per heavy atom. The van der Waals surface area contributed by atoms with Crippen LogP contribution in [0.5, 0.6) is 0 Å². The van der Waals surface area contributed by atoms with Crippen LogP contribution in [-0.4, -0.2) is 21.3 Å². The largest absolute Gasteiger partial charge is 0.370 e. The van der Waals surface area contributed by atoms with Crippen LogP contribution in [-0.2, 0) is 13.5 Å². The summed E-state index contributed by atoms with van der Waals surface area (Å²) in [5, 5.41) is 7.28. The number of hydrogen-bond acceptors (Lipinski definition) is 3. The Kier molecular flexibility index (Phi) is 3.14. The van der Waals surface area contributed by atoms with Crippen molar-refractivity contribution in [3.05, 3.63) is 42.1 Å². The minimum absolute atomic E-state index is 0.470. The Morgan fingerprint density at radius 3 is 2.94 bits per heavy atom. The van der Waals surface area contributed by atoms with Gasteiger partial charge in [0.05, 0.1) is 5.69 Å². The zero-order valence-electron chi connectivity index (χ0n) is 9.02. The lowest BCUT2D eigenvalue weighted by Crippen LogP contribution is -2.07. The van der Waals surface area contributed by atoms with Crippen molar-refractivity contribution in [2.45, 2.75) is 6.42 Å². The molecule has 0 aromatic carbocycles. The van der Waals surface area contributed by atoms with Gasteiger partial charge in [-0.25, -0.2) is 4.98 Å². The highest BCUT2D eigenvalue weighted by Gasteiger charge is 1.98. The van der Waals surface area contributed by atoms with Crippen molar-refractivity contribution in [3.63, 3.8) is 0 Å². The third-order valence-corrected chi connectivity index (χ3v) is 2.17. The Labute approximate surface area is 93.1 Å². The van der Waals surface area contributed by atoms with Crippen LogP contribution in [0.4, 0.5) is 10.2 Å². The van der Waals surface area contributed by atoms with Gasteiger partial charge in [-0.15, -0.1) is 0 Å². The number of nitrogens with one attached hydrogen (secondary N) is 1. The van der Waals surface area contributed by atoms with Crippen LogP contribution < -0.4 is 5.32 Å². The number of hydrogen-bond donors (Lipinski definition) is 1. The molecule has 0 aliphatic heterocycles. The van der Waals surface area contributed by atoms with E-state index < -0.39 is 5.95 Å². The average molecular weight is 220 g/mol. The van der Waals surface area contributed by atoms with Crippen molar-refractivity contribution in [2.75, 3.05) is 11.9 Å². The molecule has 0 spiro atoms. The van der Waals surface area contributed by atoms with Crippen LogP contribution >= 0.6 is 0 Å². The molecule has 2 rings (SSSR count). The van der Waals surface area contributed by atoms with E-state index in [1.165, 1.54) is 6.07 Å². The Balaban J connectivity index is 1.84. The number of halogens is 1. The van der Waals surface area contributed by atoms with E-state index in [-0.39, 0.29) is 0 Å². The number of nitrogens with zero attached hydrogens (tertiary/aromatic N) is 3. The summed E-state index contributed by atoms with van der Waals surface area (Å²) >= 11 is 0. The van der Waals surface area contributed by atoms with Crippen LogP contribution in [0, 0.1) is 5.95 Å². The smallest absolute Gasteiger partial charge is 0.214 e. The highest BCUT2D eigenvalue weighted by molar-refractivity contribution is 5.33. The van der Waals surface area contributed by atoms with Crippen LogP contribution in [0.25, 0.3) is 0 Å². The minimum Gasteiger partial charge on any atom is -0.370 e. The van der Waals surface area contributed by atoms with E-state index in [9.17, 15) is 4.39 Å². The Morgan fingerprint density at radius 2 is 2.25 bits per heavy atom. The Hall–Kier alpha value is -1.91. The molecule has 4 nitrogen and oxygen atoms in total. The van der Waals surface area contributed by atoms with Crippen LogP contribution in [0.2, 0.25) is 0 Å². The molecule has 84 valence electrons. The predicted octanol–water partition coefficient (Wildman–Crippen LogP) is 1.61. The number of anilines is 1. The fourth-order valence-corrected chi connectivity index (χ4v) is 1.42. The first-order valence-corrected chi connectivity index (χ1v) is 5.09. The van der Waals surface area contributed by atoms with Gasteiger partial charge in [0.1, 0.15) is 5.82 Å². The van der Waals surface area contributed by atoms with Crippen molar-refractivity contribution in [2.24, 2.45) is 7.05 Å². The summed E-state index contributed by atoms with van der Waals surface area (Å²) in [6, 6.07) is 6.65. The molecule has 0 amide bonds. The molecule has 0 saturated heterocycles. The van der Waals surface area contributed by atoms with Crippen molar-refractivity contribution >= 4 is 5.82 Å². The molecule has 2 aromatic heterocycles. The summed E-state index contributed by atoms with van der Waals surface area (Å²) in [6.45, 7) is 0.688. The topological polar surface area (TPSA) is 42.7 Å². The summed E-state index contributed by atoms with van der Waals surface area (Å²) in [4.78, 5) is 3.71. The van der Waals surface area contributed by atoms with Crippen molar-refractivity contribution in [1.29, 1.82) is 0 Å². The first kappa shape index (κ1) is 10.6. The highest BCUT2D eigenvalue weighted by Crippen LogP contribution is 2.03. The standard InChI is InChI=1S/C11H13FN4/c1-16-8-6-9(15-16)5-7-13-11-4-2-3-10(12)14-11/h2-4,6,8H,5,7H2,1H3,(H,13,14). The van der Waals surface area contributed by atoms with Gasteiger partial charge in [0.15, 0.2) is 0 Å². The van der Waals surface area contributed by atoms with E-state index in [2.05, 4.69) is 15.4 Å². The second kappa shape index (κ2) is 4.74. The maximum Gasteiger partial charge on any atom is 0.214 e. The SMILES string of the molecule is Cn1ccc(CCNc2cccc(F)n2)n1. The zero-order valence-corrected chi connectivity index (χ0v) is 9.02. The van der Waals surface area contributed by atoms with Gasteiger partial charge in [-0.1, -0.05) is 6.07 Å². The molecule has 5 heteroatoms. The third kappa shape index (κ3) is 2.79. The molecule has 0 radical (unpaired) electrons. The molecule has 2 aromatic rings. The molecule has 1 N–H and O–H groups in total. The van der Waals surface area contributed by atoms with Crippen molar-refractivity contribution in [1.82, 2.24) is 14.8 Å². The van der Waals surface area contributed by atoms with E-state index >= 15 is 0 Å². The van der Waals surface area contributed by atoms with Gasteiger partial charge in [0.25, 0.3) is 0 Å². The van der Waals surface area contributed by atoms with Gasteiger partial charge in [0, 0.05) is 26.2 Å². The molecule has 0 atom stereocenters. The summed E-state index contributed by atoms with van der Waals surface area (Å²) in [5.74, 6) is 0.0822. The van der Waals surface area contributed by atoms with Gasteiger partial charge in [-0.3, -0.25) is 4.68 Å². The van der Waals surface area contributed by atoms with E-state index in [0.29, 0.717) is 12.4 Å². The number of rotatable bonds is 4. The maximum atomic E-state index is 12.8. The molecular formula is C11H13FN4. The quantitative estimate of drug-likeness (QED) is 0.796. The summed E-state index contributed by atoms with van der Waals surface area (Å²) in [7, 11) is 1.88. The van der Waals surface area contributed by atoms with Gasteiger partial charge < -0.3 is 5.32 Å². The molecule has 2 heterocycles. The first-order chi connectivity index (χ1) is 7.74. The number of pyridine rings is 1. The van der Waals surface area contributed by atoms with Crippen LogP contribution in [0.3, 0.4) is 0 Å². The van der Waals surface area contributed by atoms with E-state index in [0.717, 1.165) is 12.1 Å². The molecule has 0 unspecified atom stereocenters. The van der Waals surface area contributed by atoms with Gasteiger partial charge in [0.2, 0.25) is 5.95 Å². The molecule has 0 saturated carbocycles. The normalized spacial score (nSPS) is 10.4. The highest BCUT2D eigenvalue weighted by atomic mass is 19.1. The summed E-state index contributed by atoms with van der Waals surface area (Å²) in [5.41, 5.74) is 1.01. The third-order valence-electron chi connectivity index (χ3n) is 2.17. The number of aryl methyl sites for hydroxylation is 1. The molecule has 0 bridgehead atoms. The van der Waals surface area contributed by atoms with E-state index in [1.807, 2.05) is 19.3 Å². The first-order valence-electron chi connectivity index (χ1n) is 5.09.